The highest BCUT2D eigenvalue weighted by Crippen LogP contribution is 2.45. The minimum atomic E-state index is 0.306. The Morgan fingerprint density at radius 2 is 1.94 bits per heavy atom. The number of Topliss-reactive ketones (excluding diaryl/α,β-unsaturated/α-hetero) is 1. The van der Waals surface area contributed by atoms with E-state index in [-0.39, 0.29) is 0 Å². The van der Waals surface area contributed by atoms with Gasteiger partial charge in [-0.2, -0.15) is 0 Å². The second kappa shape index (κ2) is 9.29. The second-order valence-corrected chi connectivity index (χ2v) is 9.99. The van der Waals surface area contributed by atoms with Crippen LogP contribution < -0.4 is 0 Å². The summed E-state index contributed by atoms with van der Waals surface area (Å²) in [7, 11) is 0. The van der Waals surface area contributed by atoms with Crippen LogP contribution in [0, 0.1) is 0 Å². The van der Waals surface area contributed by atoms with Crippen LogP contribution in [0.1, 0.15) is 72.5 Å². The van der Waals surface area contributed by atoms with Gasteiger partial charge in [-0.25, -0.2) is 4.98 Å². The van der Waals surface area contributed by atoms with Gasteiger partial charge in [-0.15, -0.1) is 11.3 Å². The van der Waals surface area contributed by atoms with Crippen molar-refractivity contribution in [3.05, 3.63) is 64.2 Å². The number of rotatable bonds is 7. The molecule has 0 saturated heterocycles. The fraction of sp³-hybridized carbons (Fsp3) is 0.429. The van der Waals surface area contributed by atoms with E-state index in [4.69, 9.17) is 0 Å². The minimum Gasteiger partial charge on any atom is -0.304 e. The van der Waals surface area contributed by atoms with Crippen molar-refractivity contribution in [1.29, 1.82) is 0 Å². The molecule has 1 unspecified atom stereocenters. The lowest BCUT2D eigenvalue weighted by molar-refractivity contribution is 0.0994. The first kappa shape index (κ1) is 21.5. The highest BCUT2D eigenvalue weighted by atomic mass is 32.1. The Balaban J connectivity index is 1.57. The molecule has 1 aromatic heterocycles. The molecular weight excluding hydrogens is 412 g/mol. The molecule has 0 N–H and O–H groups in total. The highest BCUT2D eigenvalue weighted by molar-refractivity contribution is 7.13. The van der Waals surface area contributed by atoms with Crippen molar-refractivity contribution in [2.24, 2.45) is 0 Å². The monoisotopic (exact) mass is 444 g/mol. The highest BCUT2D eigenvalue weighted by Gasteiger charge is 2.29. The summed E-state index contributed by atoms with van der Waals surface area (Å²) >= 11 is 1.69. The van der Waals surface area contributed by atoms with Crippen molar-refractivity contribution < 1.29 is 4.79 Å². The van der Waals surface area contributed by atoms with Gasteiger partial charge in [0.15, 0.2) is 5.78 Å². The molecule has 1 heterocycles. The van der Waals surface area contributed by atoms with Gasteiger partial charge in [0.25, 0.3) is 0 Å². The largest absolute Gasteiger partial charge is 0.304 e. The molecule has 2 aromatic carbocycles. The SMILES string of the molecule is CCN(CC)CCCC1CCc2ccc3c(c2-c2cc(-c4nccs4)ccc21)CCC3=O. The Hall–Kier alpha value is -2.30. The third-order valence-corrected chi connectivity index (χ3v) is 8.25. The number of benzene rings is 2. The number of aromatic nitrogens is 1. The van der Waals surface area contributed by atoms with Gasteiger partial charge in [-0.1, -0.05) is 38.1 Å². The summed E-state index contributed by atoms with van der Waals surface area (Å²) < 4.78 is 0. The second-order valence-electron chi connectivity index (χ2n) is 9.09. The fourth-order valence-electron chi connectivity index (χ4n) is 5.65. The van der Waals surface area contributed by atoms with E-state index in [0.29, 0.717) is 18.1 Å². The van der Waals surface area contributed by atoms with Gasteiger partial charge >= 0.3 is 0 Å². The predicted octanol–water partition coefficient (Wildman–Crippen LogP) is 6.76. The summed E-state index contributed by atoms with van der Waals surface area (Å²) in [5.41, 5.74) is 9.02. The average molecular weight is 445 g/mol. The number of fused-ring (bicyclic) bond motifs is 5. The molecule has 166 valence electrons. The molecule has 2 aliphatic rings. The zero-order valence-corrected chi connectivity index (χ0v) is 20.0. The molecule has 0 aliphatic heterocycles. The van der Waals surface area contributed by atoms with E-state index in [1.807, 2.05) is 11.6 Å². The van der Waals surface area contributed by atoms with Gasteiger partial charge in [0.1, 0.15) is 5.01 Å². The van der Waals surface area contributed by atoms with Gasteiger partial charge in [-0.05, 0) is 91.5 Å². The van der Waals surface area contributed by atoms with Crippen LogP contribution in [0.4, 0.5) is 0 Å². The van der Waals surface area contributed by atoms with E-state index in [1.165, 1.54) is 59.2 Å². The Morgan fingerprint density at radius 1 is 1.06 bits per heavy atom. The van der Waals surface area contributed by atoms with Crippen molar-refractivity contribution in [2.45, 2.75) is 58.3 Å². The first-order valence-corrected chi connectivity index (χ1v) is 13.0. The summed E-state index contributed by atoms with van der Waals surface area (Å²) in [5.74, 6) is 0.867. The quantitative estimate of drug-likeness (QED) is 0.404. The molecule has 3 aromatic rings. The van der Waals surface area contributed by atoms with Crippen molar-refractivity contribution in [2.75, 3.05) is 19.6 Å². The van der Waals surface area contributed by atoms with E-state index in [9.17, 15) is 4.79 Å². The summed E-state index contributed by atoms with van der Waals surface area (Å²) in [5, 5.41) is 3.11. The number of ketones is 1. The van der Waals surface area contributed by atoms with Gasteiger partial charge < -0.3 is 4.90 Å². The van der Waals surface area contributed by atoms with Crippen LogP contribution in [-0.4, -0.2) is 35.3 Å². The average Bonchev–Trinajstić information content (AvgIpc) is 3.45. The Morgan fingerprint density at radius 3 is 2.72 bits per heavy atom. The summed E-state index contributed by atoms with van der Waals surface area (Å²) in [4.78, 5) is 19.6. The number of nitrogens with zero attached hydrogens (tertiary/aromatic N) is 2. The molecule has 32 heavy (non-hydrogen) atoms. The Labute approximate surface area is 195 Å². The fourth-order valence-corrected chi connectivity index (χ4v) is 6.28. The molecule has 0 radical (unpaired) electrons. The van der Waals surface area contributed by atoms with E-state index in [1.54, 1.807) is 11.3 Å². The predicted molar refractivity (Wildman–Crippen MR) is 134 cm³/mol. The standard InChI is InChI=1S/C28H32N2OS/c1-3-30(4-2)16-5-6-19-7-8-20-9-12-23-24(13-14-26(23)31)27(20)25-18-21(10-11-22(19)25)28-29-15-17-32-28/h9-12,15,17-19H,3-8,13-14,16H2,1-2H3. The molecule has 1 atom stereocenters. The lowest BCUT2D eigenvalue weighted by Gasteiger charge is -2.22. The lowest BCUT2D eigenvalue weighted by Crippen LogP contribution is -2.24. The third-order valence-electron chi connectivity index (χ3n) is 7.43. The van der Waals surface area contributed by atoms with E-state index < -0.39 is 0 Å². The number of thiazole rings is 1. The van der Waals surface area contributed by atoms with Crippen molar-refractivity contribution in [3.8, 4) is 21.7 Å². The zero-order valence-electron chi connectivity index (χ0n) is 19.2. The maximum absolute atomic E-state index is 12.5. The van der Waals surface area contributed by atoms with Gasteiger partial charge in [0.05, 0.1) is 0 Å². The van der Waals surface area contributed by atoms with Crippen LogP contribution in [0.3, 0.4) is 0 Å². The minimum absolute atomic E-state index is 0.306. The number of carbonyl (C=O) groups is 1. The van der Waals surface area contributed by atoms with Crippen LogP contribution in [0.25, 0.3) is 21.7 Å². The lowest BCUT2D eigenvalue weighted by atomic mass is 9.85. The number of hydrogen-bond acceptors (Lipinski definition) is 4. The molecule has 0 spiro atoms. The van der Waals surface area contributed by atoms with Crippen molar-refractivity contribution in [1.82, 2.24) is 9.88 Å². The summed E-state index contributed by atoms with van der Waals surface area (Å²) in [6.45, 7) is 7.93. The number of carbonyl (C=O) groups excluding carboxylic acids is 1. The summed E-state index contributed by atoms with van der Waals surface area (Å²) in [6, 6.07) is 11.3. The van der Waals surface area contributed by atoms with Crippen molar-refractivity contribution in [3.63, 3.8) is 0 Å². The Kier molecular flexibility index (Phi) is 6.25. The summed E-state index contributed by atoms with van der Waals surface area (Å²) in [6.07, 6.45) is 8.13. The molecule has 5 rings (SSSR count). The molecular formula is C28H32N2OS. The first-order valence-electron chi connectivity index (χ1n) is 12.1. The van der Waals surface area contributed by atoms with E-state index >= 15 is 0 Å². The molecule has 0 amide bonds. The van der Waals surface area contributed by atoms with Crippen LogP contribution in [0.15, 0.2) is 41.9 Å². The zero-order chi connectivity index (χ0) is 22.1. The molecule has 0 saturated carbocycles. The number of hydrogen-bond donors (Lipinski definition) is 0. The normalized spacial score (nSPS) is 17.2. The van der Waals surface area contributed by atoms with Gasteiger partial charge in [-0.3, -0.25) is 4.79 Å². The maximum atomic E-state index is 12.5. The van der Waals surface area contributed by atoms with Crippen LogP contribution in [-0.2, 0) is 12.8 Å². The van der Waals surface area contributed by atoms with E-state index in [2.05, 4.69) is 54.1 Å². The first-order chi connectivity index (χ1) is 15.7. The van der Waals surface area contributed by atoms with Crippen LogP contribution >= 0.6 is 11.3 Å². The molecule has 4 heteroatoms. The third kappa shape index (κ3) is 3.95. The molecule has 0 bridgehead atoms. The number of aryl methyl sites for hydroxylation is 1. The maximum Gasteiger partial charge on any atom is 0.163 e. The van der Waals surface area contributed by atoms with Gasteiger partial charge in [0.2, 0.25) is 0 Å². The molecule has 3 nitrogen and oxygen atoms in total. The molecule has 2 aliphatic carbocycles. The van der Waals surface area contributed by atoms with Crippen LogP contribution in [0.5, 0.6) is 0 Å². The van der Waals surface area contributed by atoms with Gasteiger partial charge in [0, 0.05) is 29.1 Å². The Bertz CT molecular complexity index is 1110. The molecule has 0 fully saturated rings. The van der Waals surface area contributed by atoms with Crippen molar-refractivity contribution >= 4 is 17.1 Å². The topological polar surface area (TPSA) is 33.2 Å². The van der Waals surface area contributed by atoms with Crippen LogP contribution in [0.2, 0.25) is 0 Å². The van der Waals surface area contributed by atoms with E-state index in [0.717, 1.165) is 36.5 Å². The smallest absolute Gasteiger partial charge is 0.163 e.